The van der Waals surface area contributed by atoms with E-state index in [-0.39, 0.29) is 12.6 Å². The molecule has 122 valence electrons. The molecule has 0 aliphatic carbocycles. The van der Waals surface area contributed by atoms with Gasteiger partial charge in [-0.2, -0.15) is 0 Å². The third kappa shape index (κ3) is 5.20. The van der Waals surface area contributed by atoms with E-state index in [4.69, 9.17) is 5.73 Å². The minimum absolute atomic E-state index is 0.174. The maximum Gasteiger partial charge on any atom is 0.248 e. The van der Waals surface area contributed by atoms with Gasteiger partial charge in [0.1, 0.15) is 0 Å². The van der Waals surface area contributed by atoms with Crippen molar-refractivity contribution in [1.82, 2.24) is 4.90 Å². The van der Waals surface area contributed by atoms with E-state index in [1.807, 2.05) is 30.3 Å². The Hall–Kier alpha value is -2.17. The summed E-state index contributed by atoms with van der Waals surface area (Å²) in [6.07, 6.45) is 0.728. The summed E-state index contributed by atoms with van der Waals surface area (Å²) in [6.45, 7) is 3.87. The average Bonchev–Trinajstić information content (AvgIpc) is 2.56. The van der Waals surface area contributed by atoms with Gasteiger partial charge in [-0.05, 0) is 36.6 Å². The van der Waals surface area contributed by atoms with Crippen LogP contribution in [0.2, 0.25) is 0 Å². The number of benzene rings is 2. The SMILES string of the molecule is CC(CCO)N(Cc1ccccc1)Cc1ccc(C(N)=O)cc1. The van der Waals surface area contributed by atoms with E-state index in [1.54, 1.807) is 12.1 Å². The fraction of sp³-hybridized carbons (Fsp3) is 0.316. The molecule has 4 heteroatoms. The number of hydrogen-bond donors (Lipinski definition) is 2. The van der Waals surface area contributed by atoms with Crippen molar-refractivity contribution in [2.45, 2.75) is 32.5 Å². The van der Waals surface area contributed by atoms with Crippen LogP contribution < -0.4 is 5.73 Å². The van der Waals surface area contributed by atoms with E-state index in [1.165, 1.54) is 5.56 Å². The van der Waals surface area contributed by atoms with Crippen LogP contribution in [0.3, 0.4) is 0 Å². The van der Waals surface area contributed by atoms with E-state index in [0.717, 1.165) is 25.1 Å². The molecule has 23 heavy (non-hydrogen) atoms. The van der Waals surface area contributed by atoms with E-state index >= 15 is 0 Å². The second-order valence-corrected chi connectivity index (χ2v) is 5.81. The summed E-state index contributed by atoms with van der Waals surface area (Å²) in [6, 6.07) is 17.9. The largest absolute Gasteiger partial charge is 0.396 e. The second-order valence-electron chi connectivity index (χ2n) is 5.81. The molecule has 0 spiro atoms. The van der Waals surface area contributed by atoms with Crippen molar-refractivity contribution in [3.63, 3.8) is 0 Å². The molecule has 2 aromatic carbocycles. The fourth-order valence-electron chi connectivity index (χ4n) is 2.56. The molecule has 0 heterocycles. The van der Waals surface area contributed by atoms with E-state index in [2.05, 4.69) is 24.0 Å². The zero-order chi connectivity index (χ0) is 16.7. The quantitative estimate of drug-likeness (QED) is 0.787. The summed E-state index contributed by atoms with van der Waals surface area (Å²) in [7, 11) is 0. The first-order valence-electron chi connectivity index (χ1n) is 7.87. The lowest BCUT2D eigenvalue weighted by Gasteiger charge is -2.29. The molecule has 0 fully saturated rings. The Kier molecular flexibility index (Phi) is 6.32. The molecule has 1 amide bonds. The van der Waals surface area contributed by atoms with E-state index < -0.39 is 5.91 Å². The first-order chi connectivity index (χ1) is 11.1. The number of primary amides is 1. The second kappa shape index (κ2) is 8.46. The van der Waals surface area contributed by atoms with Gasteiger partial charge >= 0.3 is 0 Å². The lowest BCUT2D eigenvalue weighted by atomic mass is 10.1. The Morgan fingerprint density at radius 3 is 2.13 bits per heavy atom. The van der Waals surface area contributed by atoms with Crippen molar-refractivity contribution in [3.8, 4) is 0 Å². The Bertz CT molecular complexity index is 611. The molecule has 2 rings (SSSR count). The molecule has 0 aliphatic rings. The molecule has 0 saturated carbocycles. The van der Waals surface area contributed by atoms with Gasteiger partial charge in [-0.15, -0.1) is 0 Å². The molecule has 0 saturated heterocycles. The van der Waals surface area contributed by atoms with Crippen molar-refractivity contribution < 1.29 is 9.90 Å². The summed E-state index contributed by atoms with van der Waals surface area (Å²) in [5, 5.41) is 9.24. The van der Waals surface area contributed by atoms with Crippen molar-refractivity contribution in [2.75, 3.05) is 6.61 Å². The molecule has 0 radical (unpaired) electrons. The number of carbonyl (C=O) groups is 1. The van der Waals surface area contributed by atoms with Crippen LogP contribution in [0.15, 0.2) is 54.6 Å². The van der Waals surface area contributed by atoms with E-state index in [9.17, 15) is 9.90 Å². The average molecular weight is 312 g/mol. The Labute approximate surface area is 137 Å². The highest BCUT2D eigenvalue weighted by atomic mass is 16.3. The number of aliphatic hydroxyl groups excluding tert-OH is 1. The summed E-state index contributed by atoms with van der Waals surface area (Å²) in [5.74, 6) is -0.411. The third-order valence-electron chi connectivity index (χ3n) is 4.02. The van der Waals surface area contributed by atoms with Gasteiger partial charge < -0.3 is 10.8 Å². The molecule has 0 aromatic heterocycles. The van der Waals surface area contributed by atoms with Crippen molar-refractivity contribution >= 4 is 5.91 Å². The van der Waals surface area contributed by atoms with Crippen LogP contribution in [0.1, 0.15) is 34.8 Å². The zero-order valence-electron chi connectivity index (χ0n) is 13.5. The van der Waals surface area contributed by atoms with Crippen LogP contribution in [-0.2, 0) is 13.1 Å². The van der Waals surface area contributed by atoms with E-state index in [0.29, 0.717) is 5.56 Å². The number of nitrogens with zero attached hydrogens (tertiary/aromatic N) is 1. The molecule has 1 atom stereocenters. The lowest BCUT2D eigenvalue weighted by molar-refractivity contribution is 0.1000. The minimum Gasteiger partial charge on any atom is -0.396 e. The monoisotopic (exact) mass is 312 g/mol. The predicted molar refractivity (Wildman–Crippen MR) is 91.8 cm³/mol. The first-order valence-corrected chi connectivity index (χ1v) is 7.87. The van der Waals surface area contributed by atoms with Crippen molar-refractivity contribution in [1.29, 1.82) is 0 Å². The summed E-state index contributed by atoms with van der Waals surface area (Å²) >= 11 is 0. The minimum atomic E-state index is -0.411. The number of hydrogen-bond acceptors (Lipinski definition) is 3. The van der Waals surface area contributed by atoms with Crippen molar-refractivity contribution in [3.05, 3.63) is 71.3 Å². The van der Waals surface area contributed by atoms with Gasteiger partial charge in [0, 0.05) is 31.3 Å². The number of aliphatic hydroxyl groups is 1. The van der Waals surface area contributed by atoms with Gasteiger partial charge in [0.25, 0.3) is 0 Å². The van der Waals surface area contributed by atoms with Gasteiger partial charge in [-0.3, -0.25) is 9.69 Å². The van der Waals surface area contributed by atoms with Crippen molar-refractivity contribution in [2.24, 2.45) is 5.73 Å². The molecule has 3 N–H and O–H groups in total. The molecule has 1 unspecified atom stereocenters. The van der Waals surface area contributed by atoms with Crippen LogP contribution in [0.4, 0.5) is 0 Å². The van der Waals surface area contributed by atoms with Gasteiger partial charge in [0.15, 0.2) is 0 Å². The smallest absolute Gasteiger partial charge is 0.248 e. The van der Waals surface area contributed by atoms with Crippen LogP contribution >= 0.6 is 0 Å². The topological polar surface area (TPSA) is 66.6 Å². The van der Waals surface area contributed by atoms with Crippen LogP contribution in [-0.4, -0.2) is 28.6 Å². The zero-order valence-corrected chi connectivity index (χ0v) is 13.5. The van der Waals surface area contributed by atoms with Crippen LogP contribution in [0.5, 0.6) is 0 Å². The van der Waals surface area contributed by atoms with Crippen LogP contribution in [0, 0.1) is 0 Å². The van der Waals surface area contributed by atoms with Gasteiger partial charge in [0.05, 0.1) is 0 Å². The van der Waals surface area contributed by atoms with Gasteiger partial charge in [0.2, 0.25) is 5.91 Å². The summed E-state index contributed by atoms with van der Waals surface area (Å²) in [4.78, 5) is 13.5. The highest BCUT2D eigenvalue weighted by molar-refractivity contribution is 5.92. The molecule has 2 aromatic rings. The van der Waals surface area contributed by atoms with Gasteiger partial charge in [-0.25, -0.2) is 0 Å². The fourth-order valence-corrected chi connectivity index (χ4v) is 2.56. The standard InChI is InChI=1S/C19H24N2O2/c1-15(11-12-22)21(13-16-5-3-2-4-6-16)14-17-7-9-18(10-8-17)19(20)23/h2-10,15,22H,11-14H2,1H3,(H2,20,23). The Morgan fingerprint density at radius 1 is 1.04 bits per heavy atom. The lowest BCUT2D eigenvalue weighted by Crippen LogP contribution is -2.32. The Morgan fingerprint density at radius 2 is 1.61 bits per heavy atom. The normalized spacial score (nSPS) is 12.3. The number of amides is 1. The predicted octanol–water partition coefficient (Wildman–Crippen LogP) is 2.56. The molecular weight excluding hydrogens is 288 g/mol. The summed E-state index contributed by atoms with van der Waals surface area (Å²) < 4.78 is 0. The maximum atomic E-state index is 11.2. The molecule has 0 aliphatic heterocycles. The first kappa shape index (κ1) is 17.2. The molecular formula is C19H24N2O2. The molecule has 4 nitrogen and oxygen atoms in total. The Balaban J connectivity index is 2.11. The van der Waals surface area contributed by atoms with Gasteiger partial charge in [-0.1, -0.05) is 42.5 Å². The number of rotatable bonds is 8. The highest BCUT2D eigenvalue weighted by Gasteiger charge is 2.14. The maximum absolute atomic E-state index is 11.2. The molecule has 0 bridgehead atoms. The summed E-state index contributed by atoms with van der Waals surface area (Å²) in [5.41, 5.74) is 8.16. The highest BCUT2D eigenvalue weighted by Crippen LogP contribution is 2.15. The van der Waals surface area contributed by atoms with Crippen LogP contribution in [0.25, 0.3) is 0 Å². The number of nitrogens with two attached hydrogens (primary N) is 1. The number of carbonyl (C=O) groups excluding carboxylic acids is 1. The third-order valence-corrected chi connectivity index (χ3v) is 4.02.